The summed E-state index contributed by atoms with van der Waals surface area (Å²) >= 11 is 0. The highest BCUT2D eigenvalue weighted by molar-refractivity contribution is 5.95. The molecule has 0 bridgehead atoms. The van der Waals surface area contributed by atoms with Gasteiger partial charge >= 0.3 is 5.97 Å². The van der Waals surface area contributed by atoms with E-state index in [0.29, 0.717) is 24.3 Å². The molecule has 2 N–H and O–H groups in total. The van der Waals surface area contributed by atoms with Crippen LogP contribution in [0.4, 0.5) is 5.69 Å². The minimum absolute atomic E-state index is 0.216. The summed E-state index contributed by atoms with van der Waals surface area (Å²) in [6, 6.07) is 1.74. The quantitative estimate of drug-likeness (QED) is 0.851. The first kappa shape index (κ1) is 14.0. The molecule has 0 atom stereocenters. The molecule has 0 spiro atoms. The number of hydrogen-bond donors (Lipinski definition) is 2. The van der Waals surface area contributed by atoms with Crippen LogP contribution in [-0.4, -0.2) is 37.4 Å². The number of carboxylic acid groups (broad SMARTS) is 1. The maximum absolute atomic E-state index is 11.3. The van der Waals surface area contributed by atoms with E-state index in [-0.39, 0.29) is 5.56 Å². The van der Waals surface area contributed by atoms with E-state index >= 15 is 0 Å². The van der Waals surface area contributed by atoms with Crippen molar-refractivity contribution in [2.75, 3.05) is 11.9 Å². The van der Waals surface area contributed by atoms with E-state index in [0.717, 1.165) is 11.5 Å². The van der Waals surface area contributed by atoms with Gasteiger partial charge in [-0.2, -0.15) is 0 Å². The highest BCUT2D eigenvalue weighted by Crippen LogP contribution is 2.19. The molecule has 0 amide bonds. The van der Waals surface area contributed by atoms with E-state index in [1.54, 1.807) is 19.3 Å². The third kappa shape index (κ3) is 2.93. The second kappa shape index (κ2) is 5.68. The van der Waals surface area contributed by atoms with Gasteiger partial charge in [0.2, 0.25) is 0 Å². The predicted octanol–water partition coefficient (Wildman–Crippen LogP) is 1.18. The zero-order valence-electron chi connectivity index (χ0n) is 11.7. The van der Waals surface area contributed by atoms with Gasteiger partial charge in [0.15, 0.2) is 0 Å². The van der Waals surface area contributed by atoms with E-state index in [2.05, 4.69) is 20.5 Å². The van der Waals surface area contributed by atoms with Crippen molar-refractivity contribution in [1.82, 2.24) is 19.7 Å². The van der Waals surface area contributed by atoms with Gasteiger partial charge in [0, 0.05) is 25.7 Å². The third-order valence-corrected chi connectivity index (χ3v) is 3.01. The van der Waals surface area contributed by atoms with Gasteiger partial charge in [-0.25, -0.2) is 4.79 Å². The average molecular weight is 275 g/mol. The van der Waals surface area contributed by atoms with E-state index in [1.165, 1.54) is 0 Å². The van der Waals surface area contributed by atoms with Crippen LogP contribution in [-0.2, 0) is 13.5 Å². The molecule has 7 nitrogen and oxygen atoms in total. The maximum Gasteiger partial charge on any atom is 0.339 e. The molecule has 0 saturated heterocycles. The molecular formula is C13H17N5O2. The van der Waals surface area contributed by atoms with Gasteiger partial charge in [0.05, 0.1) is 11.4 Å². The molecule has 0 fully saturated rings. The number of nitrogens with zero attached hydrogens (tertiary/aromatic N) is 4. The van der Waals surface area contributed by atoms with Gasteiger partial charge in [-0.15, -0.1) is 10.2 Å². The molecule has 2 rings (SSSR count). The van der Waals surface area contributed by atoms with E-state index in [4.69, 9.17) is 0 Å². The number of aromatic carboxylic acids is 1. The van der Waals surface area contributed by atoms with Crippen LogP contribution in [0.2, 0.25) is 0 Å². The van der Waals surface area contributed by atoms with Crippen LogP contribution in [0.1, 0.15) is 27.6 Å². The Labute approximate surface area is 116 Å². The summed E-state index contributed by atoms with van der Waals surface area (Å²) in [7, 11) is 1.87. The van der Waals surface area contributed by atoms with Crippen molar-refractivity contribution in [3.63, 3.8) is 0 Å². The lowest BCUT2D eigenvalue weighted by Gasteiger charge is -2.12. The molecule has 2 aromatic heterocycles. The number of carbonyl (C=O) groups is 1. The van der Waals surface area contributed by atoms with Crippen molar-refractivity contribution in [3.05, 3.63) is 35.2 Å². The fraction of sp³-hybridized carbons (Fsp3) is 0.385. The molecule has 2 heterocycles. The molecular weight excluding hydrogens is 258 g/mol. The highest BCUT2D eigenvalue weighted by atomic mass is 16.4. The Morgan fingerprint density at radius 2 is 2.20 bits per heavy atom. The Morgan fingerprint density at radius 3 is 2.80 bits per heavy atom. The Hall–Kier alpha value is -2.44. The van der Waals surface area contributed by atoms with E-state index in [9.17, 15) is 9.90 Å². The molecule has 106 valence electrons. The zero-order chi connectivity index (χ0) is 14.7. The Bertz CT molecular complexity index is 636. The number of anilines is 1. The Balaban J connectivity index is 2.13. The topological polar surface area (TPSA) is 92.9 Å². The van der Waals surface area contributed by atoms with Crippen LogP contribution < -0.4 is 5.32 Å². The number of rotatable bonds is 5. The van der Waals surface area contributed by atoms with Crippen molar-refractivity contribution < 1.29 is 9.90 Å². The van der Waals surface area contributed by atoms with E-state index in [1.807, 2.05) is 18.5 Å². The molecule has 0 aliphatic rings. The second-order valence-electron chi connectivity index (χ2n) is 4.61. The van der Waals surface area contributed by atoms with Crippen LogP contribution in [0, 0.1) is 13.8 Å². The van der Waals surface area contributed by atoms with Crippen LogP contribution in [0.5, 0.6) is 0 Å². The summed E-state index contributed by atoms with van der Waals surface area (Å²) in [5, 5.41) is 20.2. The normalized spacial score (nSPS) is 10.6. The molecule has 7 heteroatoms. The fourth-order valence-corrected chi connectivity index (χ4v) is 2.08. The maximum atomic E-state index is 11.3. The van der Waals surface area contributed by atoms with Crippen LogP contribution in [0.25, 0.3) is 0 Å². The van der Waals surface area contributed by atoms with E-state index < -0.39 is 5.97 Å². The summed E-state index contributed by atoms with van der Waals surface area (Å²) in [6.07, 6.45) is 2.30. The predicted molar refractivity (Wildman–Crippen MR) is 73.9 cm³/mol. The number of aromatic nitrogens is 4. The summed E-state index contributed by atoms with van der Waals surface area (Å²) < 4.78 is 1.84. The molecule has 2 aromatic rings. The molecule has 0 aliphatic carbocycles. The largest absolute Gasteiger partial charge is 0.478 e. The van der Waals surface area contributed by atoms with Gasteiger partial charge in [-0.1, -0.05) is 0 Å². The number of hydrogen-bond acceptors (Lipinski definition) is 5. The number of nitrogens with one attached hydrogen (secondary N) is 1. The molecule has 0 aliphatic heterocycles. The van der Waals surface area contributed by atoms with Gasteiger partial charge in [-0.3, -0.25) is 4.98 Å². The molecule has 0 unspecified atom stereocenters. The fourth-order valence-electron chi connectivity index (χ4n) is 2.08. The lowest BCUT2D eigenvalue weighted by Crippen LogP contribution is -2.13. The summed E-state index contributed by atoms with van der Waals surface area (Å²) in [6.45, 7) is 4.12. The van der Waals surface area contributed by atoms with Gasteiger partial charge in [0.1, 0.15) is 17.7 Å². The lowest BCUT2D eigenvalue weighted by molar-refractivity contribution is 0.0696. The SMILES string of the molecule is Cc1cc(NCCc2nncn2C)c(C(=O)O)c(C)n1. The van der Waals surface area contributed by atoms with Crippen molar-refractivity contribution in [2.24, 2.45) is 7.05 Å². The summed E-state index contributed by atoms with van der Waals surface area (Å²) in [4.78, 5) is 15.5. The molecule has 20 heavy (non-hydrogen) atoms. The smallest absolute Gasteiger partial charge is 0.339 e. The minimum Gasteiger partial charge on any atom is -0.478 e. The standard InChI is InChI=1S/C13H17N5O2/c1-8-6-10(12(13(19)20)9(2)16-8)14-5-4-11-17-15-7-18(11)3/h6-7H,4-5H2,1-3H3,(H,14,16)(H,19,20). The van der Waals surface area contributed by atoms with Crippen LogP contribution >= 0.6 is 0 Å². The van der Waals surface area contributed by atoms with Gasteiger partial charge in [-0.05, 0) is 19.9 Å². The molecule has 0 aromatic carbocycles. The van der Waals surface area contributed by atoms with Crippen molar-refractivity contribution in [3.8, 4) is 0 Å². The van der Waals surface area contributed by atoms with Crippen molar-refractivity contribution in [1.29, 1.82) is 0 Å². The highest BCUT2D eigenvalue weighted by Gasteiger charge is 2.15. The first-order valence-electron chi connectivity index (χ1n) is 6.27. The van der Waals surface area contributed by atoms with Crippen molar-refractivity contribution >= 4 is 11.7 Å². The number of pyridine rings is 1. The third-order valence-electron chi connectivity index (χ3n) is 3.01. The van der Waals surface area contributed by atoms with Gasteiger partial charge in [0.25, 0.3) is 0 Å². The number of carboxylic acids is 1. The van der Waals surface area contributed by atoms with Crippen molar-refractivity contribution in [2.45, 2.75) is 20.3 Å². The zero-order valence-corrected chi connectivity index (χ0v) is 11.7. The summed E-state index contributed by atoms with van der Waals surface area (Å²) in [5.74, 6) is -0.131. The van der Waals surface area contributed by atoms with Gasteiger partial charge < -0.3 is 15.0 Å². The minimum atomic E-state index is -0.976. The number of aryl methyl sites for hydroxylation is 3. The molecule has 0 saturated carbocycles. The monoisotopic (exact) mass is 275 g/mol. The first-order valence-corrected chi connectivity index (χ1v) is 6.27. The van der Waals surface area contributed by atoms with Crippen LogP contribution in [0.3, 0.4) is 0 Å². The molecule has 0 radical (unpaired) electrons. The average Bonchev–Trinajstić information content (AvgIpc) is 2.73. The van der Waals surface area contributed by atoms with Crippen LogP contribution in [0.15, 0.2) is 12.4 Å². The Kier molecular flexibility index (Phi) is 3.97. The lowest BCUT2D eigenvalue weighted by atomic mass is 10.1. The Morgan fingerprint density at radius 1 is 1.45 bits per heavy atom. The summed E-state index contributed by atoms with van der Waals surface area (Å²) in [5.41, 5.74) is 2.10. The second-order valence-corrected chi connectivity index (χ2v) is 4.61. The first-order chi connectivity index (χ1) is 9.49.